The van der Waals surface area contributed by atoms with Crippen molar-refractivity contribution in [1.29, 1.82) is 0 Å². The topological polar surface area (TPSA) is 71.1 Å². The number of carbonyl (C=O) groups is 2. The van der Waals surface area contributed by atoms with Crippen LogP contribution in [0.25, 0.3) is 6.08 Å². The lowest BCUT2D eigenvalue weighted by molar-refractivity contribution is -0.151. The number of hydrogen-bond donors (Lipinski definition) is 0. The van der Waals surface area contributed by atoms with Crippen LogP contribution in [0, 0.1) is 0 Å². The van der Waals surface area contributed by atoms with Gasteiger partial charge in [0.05, 0.1) is 19.3 Å². The van der Waals surface area contributed by atoms with Crippen LogP contribution in [0.2, 0.25) is 0 Å². The standard InChI is InChI=1S/C26H21BrO6/c1-3-31-26(29)25(16-7-5-4-6-8-16)32-19-10-11-20-22(15-19)33-23(24(20)28)14-17-13-18(27)9-12-21(17)30-2/h4-15,25H,3H2,1-2H3/b23-14-. The first kappa shape index (κ1) is 22.6. The summed E-state index contributed by atoms with van der Waals surface area (Å²) in [6, 6.07) is 19.4. The highest BCUT2D eigenvalue weighted by Crippen LogP contribution is 2.37. The van der Waals surface area contributed by atoms with Gasteiger partial charge in [0.1, 0.15) is 17.2 Å². The normalized spacial score (nSPS) is 14.4. The fourth-order valence-corrected chi connectivity index (χ4v) is 3.81. The predicted molar refractivity (Wildman–Crippen MR) is 127 cm³/mol. The van der Waals surface area contributed by atoms with Crippen molar-refractivity contribution < 1.29 is 28.5 Å². The number of halogens is 1. The van der Waals surface area contributed by atoms with E-state index < -0.39 is 12.1 Å². The molecule has 0 amide bonds. The average Bonchev–Trinajstić information content (AvgIpc) is 3.12. The first-order chi connectivity index (χ1) is 16.0. The molecule has 0 aromatic heterocycles. The summed E-state index contributed by atoms with van der Waals surface area (Å²) in [4.78, 5) is 25.4. The average molecular weight is 509 g/mol. The zero-order valence-corrected chi connectivity index (χ0v) is 19.6. The number of fused-ring (bicyclic) bond motifs is 1. The van der Waals surface area contributed by atoms with E-state index in [-0.39, 0.29) is 18.1 Å². The van der Waals surface area contributed by atoms with Crippen LogP contribution in [-0.2, 0) is 9.53 Å². The third kappa shape index (κ3) is 4.93. The number of hydrogen-bond acceptors (Lipinski definition) is 6. The molecular formula is C26H21BrO6. The molecule has 1 unspecified atom stereocenters. The summed E-state index contributed by atoms with van der Waals surface area (Å²) >= 11 is 3.43. The molecule has 0 aliphatic carbocycles. The summed E-state index contributed by atoms with van der Waals surface area (Å²) in [7, 11) is 1.56. The van der Waals surface area contributed by atoms with E-state index >= 15 is 0 Å². The largest absolute Gasteiger partial charge is 0.496 e. The van der Waals surface area contributed by atoms with Crippen molar-refractivity contribution in [1.82, 2.24) is 0 Å². The second kappa shape index (κ2) is 9.92. The van der Waals surface area contributed by atoms with Crippen LogP contribution >= 0.6 is 15.9 Å². The fraction of sp³-hybridized carbons (Fsp3) is 0.154. The summed E-state index contributed by atoms with van der Waals surface area (Å²) in [5.41, 5.74) is 1.77. The molecule has 3 aromatic rings. The molecule has 0 fully saturated rings. The molecule has 0 N–H and O–H groups in total. The molecule has 1 atom stereocenters. The third-order valence-electron chi connectivity index (χ3n) is 4.98. The Morgan fingerprint density at radius 3 is 2.61 bits per heavy atom. The summed E-state index contributed by atoms with van der Waals surface area (Å²) in [5.74, 6) is 0.774. The van der Waals surface area contributed by atoms with Crippen molar-refractivity contribution in [2.45, 2.75) is 13.0 Å². The van der Waals surface area contributed by atoms with Crippen molar-refractivity contribution in [2.24, 2.45) is 0 Å². The van der Waals surface area contributed by atoms with Gasteiger partial charge in [0, 0.05) is 21.7 Å². The monoisotopic (exact) mass is 508 g/mol. The van der Waals surface area contributed by atoms with Gasteiger partial charge in [0.15, 0.2) is 5.76 Å². The number of carbonyl (C=O) groups excluding carboxylic acids is 2. The van der Waals surface area contributed by atoms with Gasteiger partial charge in [-0.1, -0.05) is 46.3 Å². The van der Waals surface area contributed by atoms with E-state index in [4.69, 9.17) is 18.9 Å². The Balaban J connectivity index is 1.61. The van der Waals surface area contributed by atoms with Crippen LogP contribution in [0.3, 0.4) is 0 Å². The van der Waals surface area contributed by atoms with E-state index in [9.17, 15) is 9.59 Å². The molecule has 1 heterocycles. The van der Waals surface area contributed by atoms with Crippen LogP contribution in [0.1, 0.15) is 34.5 Å². The lowest BCUT2D eigenvalue weighted by Crippen LogP contribution is -2.21. The van der Waals surface area contributed by atoms with Crippen molar-refractivity contribution in [2.75, 3.05) is 13.7 Å². The van der Waals surface area contributed by atoms with Gasteiger partial charge in [-0.25, -0.2) is 4.79 Å². The number of esters is 1. The maximum absolute atomic E-state index is 12.9. The summed E-state index contributed by atoms with van der Waals surface area (Å²) < 4.78 is 23.2. The first-order valence-electron chi connectivity index (χ1n) is 10.3. The van der Waals surface area contributed by atoms with E-state index in [1.165, 1.54) is 0 Å². The van der Waals surface area contributed by atoms with Crippen LogP contribution in [0.15, 0.2) is 77.0 Å². The van der Waals surface area contributed by atoms with Crippen molar-refractivity contribution in [3.05, 3.63) is 93.7 Å². The lowest BCUT2D eigenvalue weighted by atomic mass is 10.1. The molecule has 4 rings (SSSR count). The molecule has 7 heteroatoms. The lowest BCUT2D eigenvalue weighted by Gasteiger charge is -2.18. The van der Waals surface area contributed by atoms with Crippen LogP contribution in [0.5, 0.6) is 17.2 Å². The summed E-state index contributed by atoms with van der Waals surface area (Å²) in [6.07, 6.45) is 0.694. The minimum Gasteiger partial charge on any atom is -0.496 e. The SMILES string of the molecule is CCOC(=O)C(Oc1ccc2c(c1)O/C(=C\c1cc(Br)ccc1OC)C2=O)c1ccccc1. The molecule has 0 saturated heterocycles. The Labute approximate surface area is 199 Å². The molecule has 168 valence electrons. The van der Waals surface area contributed by atoms with Crippen molar-refractivity contribution in [3.8, 4) is 17.2 Å². The van der Waals surface area contributed by atoms with Crippen molar-refractivity contribution in [3.63, 3.8) is 0 Å². The fourth-order valence-electron chi connectivity index (χ4n) is 3.43. The molecule has 0 radical (unpaired) electrons. The number of ether oxygens (including phenoxy) is 4. The van der Waals surface area contributed by atoms with Gasteiger partial charge in [0.25, 0.3) is 0 Å². The second-order valence-electron chi connectivity index (χ2n) is 7.14. The van der Waals surface area contributed by atoms with Crippen LogP contribution in [0.4, 0.5) is 0 Å². The van der Waals surface area contributed by atoms with Gasteiger partial charge in [0.2, 0.25) is 11.9 Å². The molecule has 1 aliphatic heterocycles. The summed E-state index contributed by atoms with van der Waals surface area (Å²) in [6.45, 7) is 1.98. The molecule has 1 aliphatic rings. The molecule has 33 heavy (non-hydrogen) atoms. The first-order valence-corrected chi connectivity index (χ1v) is 11.1. The Bertz CT molecular complexity index is 1220. The van der Waals surface area contributed by atoms with Gasteiger partial charge < -0.3 is 18.9 Å². The third-order valence-corrected chi connectivity index (χ3v) is 5.47. The smallest absolute Gasteiger partial charge is 0.352 e. The predicted octanol–water partition coefficient (Wildman–Crippen LogP) is 5.76. The minimum absolute atomic E-state index is 0.170. The van der Waals surface area contributed by atoms with Gasteiger partial charge in [-0.05, 0) is 43.3 Å². The molecule has 3 aromatic carbocycles. The molecule has 0 bridgehead atoms. The van der Waals surface area contributed by atoms with Gasteiger partial charge in [-0.2, -0.15) is 0 Å². The van der Waals surface area contributed by atoms with E-state index in [1.54, 1.807) is 56.5 Å². The highest BCUT2D eigenvalue weighted by Gasteiger charge is 2.30. The van der Waals surface area contributed by atoms with Gasteiger partial charge >= 0.3 is 5.97 Å². The van der Waals surface area contributed by atoms with E-state index in [0.717, 1.165) is 4.47 Å². The number of methoxy groups -OCH3 is 1. The Morgan fingerprint density at radius 1 is 1.09 bits per heavy atom. The van der Waals surface area contributed by atoms with Gasteiger partial charge in [-0.15, -0.1) is 0 Å². The Hall–Kier alpha value is -3.58. The number of ketones is 1. The van der Waals surface area contributed by atoms with E-state index in [1.807, 2.05) is 30.3 Å². The highest BCUT2D eigenvalue weighted by atomic mass is 79.9. The molecule has 0 spiro atoms. The number of allylic oxidation sites excluding steroid dienone is 1. The maximum Gasteiger partial charge on any atom is 0.352 e. The van der Waals surface area contributed by atoms with Crippen LogP contribution < -0.4 is 14.2 Å². The zero-order chi connectivity index (χ0) is 23.4. The number of rotatable bonds is 7. The van der Waals surface area contributed by atoms with E-state index in [2.05, 4.69) is 15.9 Å². The summed E-state index contributed by atoms with van der Waals surface area (Å²) in [5, 5.41) is 0. The highest BCUT2D eigenvalue weighted by molar-refractivity contribution is 9.10. The second-order valence-corrected chi connectivity index (χ2v) is 8.06. The maximum atomic E-state index is 12.9. The van der Waals surface area contributed by atoms with Crippen LogP contribution in [-0.4, -0.2) is 25.5 Å². The Morgan fingerprint density at radius 2 is 1.88 bits per heavy atom. The quantitative estimate of drug-likeness (QED) is 0.298. The molecule has 6 nitrogen and oxygen atoms in total. The van der Waals surface area contributed by atoms with Gasteiger partial charge in [-0.3, -0.25) is 4.79 Å². The molecule has 0 saturated carbocycles. The van der Waals surface area contributed by atoms with Crippen molar-refractivity contribution >= 4 is 33.8 Å². The number of benzene rings is 3. The zero-order valence-electron chi connectivity index (χ0n) is 18.0. The molecular weight excluding hydrogens is 488 g/mol. The number of Topliss-reactive ketones (excluding diaryl/α,β-unsaturated/α-hetero) is 1. The minimum atomic E-state index is -0.942. The van der Waals surface area contributed by atoms with E-state index in [0.29, 0.717) is 33.9 Å². The Kier molecular flexibility index (Phi) is 6.79.